The summed E-state index contributed by atoms with van der Waals surface area (Å²) in [6, 6.07) is 10.1. The van der Waals surface area contributed by atoms with Gasteiger partial charge in [-0.25, -0.2) is 4.68 Å². The van der Waals surface area contributed by atoms with Crippen LogP contribution < -0.4 is 0 Å². The average Bonchev–Trinajstić information content (AvgIpc) is 2.61. The lowest BCUT2D eigenvalue weighted by Crippen LogP contribution is -1.93. The Morgan fingerprint density at radius 3 is 2.57 bits per heavy atom. The largest absolute Gasteiger partial charge is 0.240 e. The molecule has 0 unspecified atom stereocenters. The van der Waals surface area contributed by atoms with Crippen molar-refractivity contribution in [3.05, 3.63) is 47.8 Å². The third-order valence-electron chi connectivity index (χ3n) is 2.17. The average molecular weight is 251 g/mol. The molecule has 0 saturated heterocycles. The van der Waals surface area contributed by atoms with Crippen molar-refractivity contribution in [3.8, 4) is 5.69 Å². The molecule has 0 aliphatic heterocycles. The number of benzene rings is 1. The van der Waals surface area contributed by atoms with E-state index in [1.165, 1.54) is 5.56 Å². The molecule has 2 aromatic rings. The van der Waals surface area contributed by atoms with Crippen LogP contribution in [-0.4, -0.2) is 9.78 Å². The molecule has 0 spiro atoms. The Morgan fingerprint density at radius 1 is 1.29 bits per heavy atom. The quantitative estimate of drug-likeness (QED) is 0.750. The first-order valence-corrected chi connectivity index (χ1v) is 5.60. The third-order valence-corrected chi connectivity index (χ3v) is 2.77. The molecule has 0 atom stereocenters. The standard InChI is InChI=1S/C11H11BrN2/c1-9-10(7-12)8-14(13-9)11-5-3-2-4-6-11/h2-6,8H,7H2,1H3. The molecule has 14 heavy (non-hydrogen) atoms. The van der Waals surface area contributed by atoms with Crippen LogP contribution in [-0.2, 0) is 5.33 Å². The minimum absolute atomic E-state index is 0.853. The molecule has 0 amide bonds. The van der Waals surface area contributed by atoms with Crippen molar-refractivity contribution < 1.29 is 0 Å². The molecule has 1 heterocycles. The zero-order chi connectivity index (χ0) is 9.97. The highest BCUT2D eigenvalue weighted by Crippen LogP contribution is 2.13. The van der Waals surface area contributed by atoms with Gasteiger partial charge in [0, 0.05) is 17.1 Å². The van der Waals surface area contributed by atoms with E-state index in [9.17, 15) is 0 Å². The Hall–Kier alpha value is -1.09. The van der Waals surface area contributed by atoms with Gasteiger partial charge in [0.2, 0.25) is 0 Å². The molecule has 0 aliphatic carbocycles. The first kappa shape index (κ1) is 9.46. The minimum Gasteiger partial charge on any atom is -0.240 e. The van der Waals surface area contributed by atoms with Gasteiger partial charge in [-0.3, -0.25) is 0 Å². The number of halogens is 1. The number of aryl methyl sites for hydroxylation is 1. The van der Waals surface area contributed by atoms with Crippen LogP contribution >= 0.6 is 15.9 Å². The van der Waals surface area contributed by atoms with Gasteiger partial charge in [-0.05, 0) is 19.1 Å². The highest BCUT2D eigenvalue weighted by atomic mass is 79.9. The summed E-state index contributed by atoms with van der Waals surface area (Å²) in [5.74, 6) is 0. The predicted octanol–water partition coefficient (Wildman–Crippen LogP) is 3.08. The number of nitrogens with zero attached hydrogens (tertiary/aromatic N) is 2. The normalized spacial score (nSPS) is 10.4. The van der Waals surface area contributed by atoms with Gasteiger partial charge in [0.25, 0.3) is 0 Å². The summed E-state index contributed by atoms with van der Waals surface area (Å²) in [5, 5.41) is 5.29. The molecule has 2 rings (SSSR count). The summed E-state index contributed by atoms with van der Waals surface area (Å²) in [6.07, 6.45) is 2.05. The van der Waals surface area contributed by atoms with Crippen LogP contribution in [0.25, 0.3) is 5.69 Å². The van der Waals surface area contributed by atoms with Crippen molar-refractivity contribution in [1.29, 1.82) is 0 Å². The highest BCUT2D eigenvalue weighted by Gasteiger charge is 2.03. The molecular formula is C11H11BrN2. The van der Waals surface area contributed by atoms with Crippen LogP contribution in [0.2, 0.25) is 0 Å². The third kappa shape index (κ3) is 1.73. The van der Waals surface area contributed by atoms with Crippen molar-refractivity contribution in [2.75, 3.05) is 0 Å². The van der Waals surface area contributed by atoms with E-state index < -0.39 is 0 Å². The van der Waals surface area contributed by atoms with E-state index in [-0.39, 0.29) is 0 Å². The maximum Gasteiger partial charge on any atom is 0.0645 e. The first-order chi connectivity index (χ1) is 6.81. The van der Waals surface area contributed by atoms with Gasteiger partial charge in [-0.15, -0.1) is 0 Å². The number of rotatable bonds is 2. The second-order valence-electron chi connectivity index (χ2n) is 3.15. The summed E-state index contributed by atoms with van der Waals surface area (Å²) in [4.78, 5) is 0. The maximum atomic E-state index is 4.44. The van der Waals surface area contributed by atoms with Gasteiger partial charge >= 0.3 is 0 Å². The number of hydrogen-bond donors (Lipinski definition) is 0. The molecule has 1 aromatic heterocycles. The number of para-hydroxylation sites is 1. The van der Waals surface area contributed by atoms with Crippen molar-refractivity contribution in [2.24, 2.45) is 0 Å². The summed E-state index contributed by atoms with van der Waals surface area (Å²) < 4.78 is 1.91. The van der Waals surface area contributed by atoms with E-state index in [0.29, 0.717) is 0 Å². The molecule has 72 valence electrons. The van der Waals surface area contributed by atoms with Gasteiger partial charge in [0.05, 0.1) is 11.4 Å². The van der Waals surface area contributed by atoms with Crippen LogP contribution in [0.1, 0.15) is 11.3 Å². The number of hydrogen-bond acceptors (Lipinski definition) is 1. The highest BCUT2D eigenvalue weighted by molar-refractivity contribution is 9.08. The van der Waals surface area contributed by atoms with E-state index in [1.54, 1.807) is 0 Å². The summed E-state index contributed by atoms with van der Waals surface area (Å²) in [6.45, 7) is 2.02. The number of aromatic nitrogens is 2. The smallest absolute Gasteiger partial charge is 0.0645 e. The fraction of sp³-hybridized carbons (Fsp3) is 0.182. The molecule has 0 radical (unpaired) electrons. The molecular weight excluding hydrogens is 240 g/mol. The molecule has 0 saturated carbocycles. The van der Waals surface area contributed by atoms with Crippen molar-refractivity contribution in [2.45, 2.75) is 12.3 Å². The molecule has 3 heteroatoms. The lowest BCUT2D eigenvalue weighted by Gasteiger charge is -1.98. The SMILES string of the molecule is Cc1nn(-c2ccccc2)cc1CBr. The molecule has 1 aromatic carbocycles. The molecule has 2 nitrogen and oxygen atoms in total. The lowest BCUT2D eigenvalue weighted by molar-refractivity contribution is 0.863. The molecule has 0 bridgehead atoms. The van der Waals surface area contributed by atoms with E-state index >= 15 is 0 Å². The van der Waals surface area contributed by atoms with Crippen LogP contribution in [0, 0.1) is 6.92 Å². The summed E-state index contributed by atoms with van der Waals surface area (Å²) in [5.41, 5.74) is 3.40. The van der Waals surface area contributed by atoms with Crippen molar-refractivity contribution >= 4 is 15.9 Å². The summed E-state index contributed by atoms with van der Waals surface area (Å²) in [7, 11) is 0. The van der Waals surface area contributed by atoms with E-state index in [4.69, 9.17) is 0 Å². The second kappa shape index (κ2) is 3.96. The Morgan fingerprint density at radius 2 is 2.00 bits per heavy atom. The van der Waals surface area contributed by atoms with Gasteiger partial charge in [-0.1, -0.05) is 34.1 Å². The van der Waals surface area contributed by atoms with Crippen LogP contribution in [0.3, 0.4) is 0 Å². The Labute approximate surface area is 91.7 Å². The van der Waals surface area contributed by atoms with E-state index in [1.807, 2.05) is 41.9 Å². The monoisotopic (exact) mass is 250 g/mol. The fourth-order valence-corrected chi connectivity index (χ4v) is 1.89. The lowest BCUT2D eigenvalue weighted by atomic mass is 10.3. The van der Waals surface area contributed by atoms with Crippen molar-refractivity contribution in [1.82, 2.24) is 9.78 Å². The minimum atomic E-state index is 0.853. The van der Waals surface area contributed by atoms with Crippen LogP contribution in [0.5, 0.6) is 0 Å². The van der Waals surface area contributed by atoms with Crippen LogP contribution in [0.4, 0.5) is 0 Å². The topological polar surface area (TPSA) is 17.8 Å². The Kier molecular flexibility index (Phi) is 2.68. The van der Waals surface area contributed by atoms with E-state index in [2.05, 4.69) is 27.2 Å². The zero-order valence-electron chi connectivity index (χ0n) is 7.94. The number of alkyl halides is 1. The van der Waals surface area contributed by atoms with Gasteiger partial charge in [0.15, 0.2) is 0 Å². The zero-order valence-corrected chi connectivity index (χ0v) is 9.53. The van der Waals surface area contributed by atoms with Crippen LogP contribution in [0.15, 0.2) is 36.5 Å². The first-order valence-electron chi connectivity index (χ1n) is 4.48. The van der Waals surface area contributed by atoms with Gasteiger partial charge < -0.3 is 0 Å². The molecule has 0 N–H and O–H groups in total. The second-order valence-corrected chi connectivity index (χ2v) is 3.71. The Balaban J connectivity index is 2.43. The maximum absolute atomic E-state index is 4.44. The van der Waals surface area contributed by atoms with Crippen molar-refractivity contribution in [3.63, 3.8) is 0 Å². The Bertz CT molecular complexity index is 420. The van der Waals surface area contributed by atoms with Gasteiger partial charge in [0.1, 0.15) is 0 Å². The van der Waals surface area contributed by atoms with Gasteiger partial charge in [-0.2, -0.15) is 5.10 Å². The summed E-state index contributed by atoms with van der Waals surface area (Å²) >= 11 is 3.44. The fourth-order valence-electron chi connectivity index (χ4n) is 1.34. The molecule has 0 fully saturated rings. The van der Waals surface area contributed by atoms with E-state index in [0.717, 1.165) is 16.7 Å². The molecule has 0 aliphatic rings. The predicted molar refractivity (Wildman–Crippen MR) is 60.9 cm³/mol.